The van der Waals surface area contributed by atoms with Crippen LogP contribution in [0.4, 0.5) is 18.9 Å². The van der Waals surface area contributed by atoms with E-state index in [0.717, 1.165) is 23.4 Å². The van der Waals surface area contributed by atoms with Crippen molar-refractivity contribution >= 4 is 32.6 Å². The highest BCUT2D eigenvalue weighted by Gasteiger charge is 2.38. The Labute approximate surface area is 236 Å². The molecular formula is C30H29F3N2O5S. The van der Waals surface area contributed by atoms with Crippen molar-refractivity contribution in [2.45, 2.75) is 38.0 Å². The average Bonchev–Trinajstić information content (AvgIpc) is 3.72. The Bertz CT molecular complexity index is 1700. The summed E-state index contributed by atoms with van der Waals surface area (Å²) in [7, 11) is -2.58. The van der Waals surface area contributed by atoms with Crippen LogP contribution in [0.25, 0.3) is 22.3 Å². The van der Waals surface area contributed by atoms with Gasteiger partial charge >= 0.3 is 0 Å². The zero-order chi connectivity index (χ0) is 29.5. The van der Waals surface area contributed by atoms with E-state index in [2.05, 4.69) is 5.32 Å². The predicted octanol–water partition coefficient (Wildman–Crippen LogP) is 7.08. The molecule has 0 bridgehead atoms. The lowest BCUT2D eigenvalue weighted by atomic mass is 10.00. The Kier molecular flexibility index (Phi) is 7.50. The summed E-state index contributed by atoms with van der Waals surface area (Å²) in [5.74, 6) is -2.92. The smallest absolute Gasteiger partial charge is 0.266 e. The summed E-state index contributed by atoms with van der Waals surface area (Å²) in [6.45, 7) is 0.300. The van der Waals surface area contributed by atoms with Gasteiger partial charge in [-0.3, -0.25) is 9.10 Å². The molecule has 1 fully saturated rings. The second kappa shape index (κ2) is 10.8. The molecule has 5 rings (SSSR count). The Morgan fingerprint density at radius 2 is 1.68 bits per heavy atom. The quantitative estimate of drug-likeness (QED) is 0.215. The third kappa shape index (κ3) is 6.04. The number of fused-ring (bicyclic) bond motifs is 1. The van der Waals surface area contributed by atoms with Crippen molar-refractivity contribution in [2.24, 2.45) is 0 Å². The second-order valence-corrected chi connectivity index (χ2v) is 12.0. The van der Waals surface area contributed by atoms with Gasteiger partial charge in [-0.25, -0.2) is 21.6 Å². The van der Waals surface area contributed by atoms with Crippen molar-refractivity contribution in [1.29, 1.82) is 0 Å². The number of furan rings is 1. The first-order valence-electron chi connectivity index (χ1n) is 13.1. The van der Waals surface area contributed by atoms with Crippen LogP contribution in [-0.4, -0.2) is 40.1 Å². The molecular weight excluding hydrogens is 557 g/mol. The SMILES string of the molecule is CCC(F)(F)CN(c1cc2oc(-c3ccc(Oc4ccc(F)cc4)cc3)c(C(=O)NC)c2cc1C1CC1)S(C)(=O)=O. The van der Waals surface area contributed by atoms with Crippen LogP contribution in [0.3, 0.4) is 0 Å². The average molecular weight is 587 g/mol. The van der Waals surface area contributed by atoms with E-state index in [0.29, 0.717) is 28.0 Å². The molecule has 11 heteroatoms. The van der Waals surface area contributed by atoms with Gasteiger partial charge in [0.25, 0.3) is 11.8 Å². The van der Waals surface area contributed by atoms with Crippen molar-refractivity contribution < 1.29 is 35.5 Å². The number of hydrogen-bond acceptors (Lipinski definition) is 5. The highest BCUT2D eigenvalue weighted by atomic mass is 32.2. The van der Waals surface area contributed by atoms with Gasteiger partial charge in [-0.2, -0.15) is 0 Å². The molecule has 0 saturated heterocycles. The molecule has 41 heavy (non-hydrogen) atoms. The number of benzene rings is 3. The third-order valence-electron chi connectivity index (χ3n) is 7.04. The molecule has 0 aliphatic heterocycles. The molecule has 1 aliphatic carbocycles. The largest absolute Gasteiger partial charge is 0.457 e. The molecule has 1 N–H and O–H groups in total. The minimum Gasteiger partial charge on any atom is -0.457 e. The number of sulfonamides is 1. The van der Waals surface area contributed by atoms with Crippen LogP contribution >= 0.6 is 0 Å². The maximum absolute atomic E-state index is 14.5. The zero-order valence-corrected chi connectivity index (χ0v) is 23.5. The fourth-order valence-corrected chi connectivity index (χ4v) is 5.59. The summed E-state index contributed by atoms with van der Waals surface area (Å²) in [6, 6.07) is 15.4. The lowest BCUT2D eigenvalue weighted by molar-refractivity contribution is 0.00829. The van der Waals surface area contributed by atoms with E-state index in [-0.39, 0.29) is 34.3 Å². The molecule has 0 atom stereocenters. The number of anilines is 1. The van der Waals surface area contributed by atoms with E-state index < -0.39 is 34.8 Å². The van der Waals surface area contributed by atoms with Gasteiger partial charge in [-0.1, -0.05) is 6.92 Å². The Balaban J connectivity index is 1.61. The molecule has 1 aromatic heterocycles. The lowest BCUT2D eigenvalue weighted by Crippen LogP contribution is -2.40. The highest BCUT2D eigenvalue weighted by Crippen LogP contribution is 2.48. The van der Waals surface area contributed by atoms with Crippen LogP contribution in [0.2, 0.25) is 0 Å². The molecule has 1 aliphatic rings. The molecule has 0 spiro atoms. The van der Waals surface area contributed by atoms with Crippen LogP contribution in [-0.2, 0) is 10.0 Å². The normalized spacial score (nSPS) is 13.8. The number of halogens is 3. The number of carbonyl (C=O) groups excluding carboxylic acids is 1. The highest BCUT2D eigenvalue weighted by molar-refractivity contribution is 7.92. The number of alkyl halides is 2. The molecule has 1 amide bonds. The van der Waals surface area contributed by atoms with Crippen LogP contribution in [0.15, 0.2) is 65.1 Å². The van der Waals surface area contributed by atoms with Gasteiger partial charge in [0, 0.05) is 30.5 Å². The van der Waals surface area contributed by atoms with Crippen molar-refractivity contribution in [2.75, 3.05) is 24.2 Å². The summed E-state index contributed by atoms with van der Waals surface area (Å²) in [4.78, 5) is 13.1. The fourth-order valence-electron chi connectivity index (χ4n) is 4.66. The summed E-state index contributed by atoms with van der Waals surface area (Å²) in [6.07, 6.45) is 1.93. The number of amides is 1. The van der Waals surface area contributed by atoms with Gasteiger partial charge in [0.1, 0.15) is 28.7 Å². The second-order valence-electron chi connectivity index (χ2n) is 10.1. The fraction of sp³-hybridized carbons (Fsp3) is 0.300. The lowest BCUT2D eigenvalue weighted by Gasteiger charge is -2.28. The monoisotopic (exact) mass is 586 g/mol. The van der Waals surface area contributed by atoms with Crippen molar-refractivity contribution in [3.05, 3.63) is 77.6 Å². The van der Waals surface area contributed by atoms with Gasteiger partial charge in [-0.05, 0) is 78.9 Å². The van der Waals surface area contributed by atoms with Crippen molar-refractivity contribution in [1.82, 2.24) is 5.32 Å². The molecule has 4 aromatic rings. The number of nitrogens with zero attached hydrogens (tertiary/aromatic N) is 1. The molecule has 216 valence electrons. The Morgan fingerprint density at radius 1 is 1.07 bits per heavy atom. The van der Waals surface area contributed by atoms with Crippen LogP contribution in [0, 0.1) is 5.82 Å². The molecule has 1 saturated carbocycles. The summed E-state index contributed by atoms with van der Waals surface area (Å²) in [5.41, 5.74) is 1.68. The first-order valence-corrected chi connectivity index (χ1v) is 15.0. The number of nitrogens with one attached hydrogen (secondary N) is 1. The van der Waals surface area contributed by atoms with E-state index in [9.17, 15) is 26.4 Å². The zero-order valence-electron chi connectivity index (χ0n) is 22.7. The van der Waals surface area contributed by atoms with Crippen LogP contribution in [0.5, 0.6) is 11.5 Å². The van der Waals surface area contributed by atoms with E-state index >= 15 is 0 Å². The van der Waals surface area contributed by atoms with Gasteiger partial charge in [0.05, 0.1) is 24.1 Å². The van der Waals surface area contributed by atoms with Crippen LogP contribution in [0.1, 0.15) is 48.0 Å². The van der Waals surface area contributed by atoms with E-state index in [4.69, 9.17) is 9.15 Å². The molecule has 7 nitrogen and oxygen atoms in total. The number of carbonyl (C=O) groups is 1. The van der Waals surface area contributed by atoms with Gasteiger partial charge in [0.2, 0.25) is 10.0 Å². The topological polar surface area (TPSA) is 88.8 Å². The van der Waals surface area contributed by atoms with E-state index in [1.54, 1.807) is 30.3 Å². The standard InChI is InChI=1S/C30H29F3N2O5S/c1-4-30(32,33)17-35(41(3,37)38)25-16-26-24(15-23(25)18-5-6-18)27(29(36)34-2)28(40-26)19-7-11-21(12-8-19)39-22-13-9-20(31)10-14-22/h7-16,18H,4-6,17H2,1-3H3,(H,34,36). The summed E-state index contributed by atoms with van der Waals surface area (Å²) in [5, 5.41) is 3.07. The first-order chi connectivity index (χ1) is 19.4. The molecule has 0 radical (unpaired) electrons. The molecule has 1 heterocycles. The molecule has 3 aromatic carbocycles. The van der Waals surface area contributed by atoms with Gasteiger partial charge in [-0.15, -0.1) is 0 Å². The Hall–Kier alpha value is -3.99. The minimum absolute atomic E-state index is 0.0207. The maximum atomic E-state index is 14.5. The van der Waals surface area contributed by atoms with E-state index in [1.807, 2.05) is 0 Å². The van der Waals surface area contributed by atoms with Crippen molar-refractivity contribution in [3.8, 4) is 22.8 Å². The van der Waals surface area contributed by atoms with Crippen molar-refractivity contribution in [3.63, 3.8) is 0 Å². The summed E-state index contributed by atoms with van der Waals surface area (Å²) >= 11 is 0. The first kappa shape index (κ1) is 28.5. The number of ether oxygens (including phenoxy) is 1. The van der Waals surface area contributed by atoms with Gasteiger partial charge in [0.15, 0.2) is 0 Å². The van der Waals surface area contributed by atoms with Gasteiger partial charge < -0.3 is 14.5 Å². The van der Waals surface area contributed by atoms with Crippen LogP contribution < -0.4 is 14.4 Å². The van der Waals surface area contributed by atoms with E-state index in [1.165, 1.54) is 44.3 Å². The number of rotatable bonds is 10. The third-order valence-corrected chi connectivity index (χ3v) is 8.16. The summed E-state index contributed by atoms with van der Waals surface area (Å²) < 4.78 is 80.4. The maximum Gasteiger partial charge on any atom is 0.266 e. The number of hydrogen-bond donors (Lipinski definition) is 1. The Morgan fingerprint density at radius 3 is 2.22 bits per heavy atom. The predicted molar refractivity (Wildman–Crippen MR) is 151 cm³/mol. The minimum atomic E-state index is -4.07. The molecule has 0 unspecified atom stereocenters.